The monoisotopic (exact) mass is 249 g/mol. The smallest absolute Gasteiger partial charge is 0.241 e. The molecular weight excluding hydrogens is 238 g/mol. The normalized spacial score (nSPS) is 26.3. The number of thioether (sulfide) groups is 2. The minimum absolute atomic E-state index is 0.134. The van der Waals surface area contributed by atoms with E-state index in [1.165, 1.54) is 18.9 Å². The van der Waals surface area contributed by atoms with Gasteiger partial charge in [0.25, 0.3) is 0 Å². The SMILES string of the molecule is CO/N=C(/C(=O)SC)C1(O)CSC(N)=N1. The summed E-state index contributed by atoms with van der Waals surface area (Å²) in [5.74, 6) is 0.174. The number of nitrogens with zero attached hydrogens (tertiary/aromatic N) is 2. The Morgan fingerprint density at radius 1 is 1.87 bits per heavy atom. The zero-order chi connectivity index (χ0) is 11.5. The maximum atomic E-state index is 11.5. The maximum absolute atomic E-state index is 11.5. The Balaban J connectivity index is 3.00. The van der Waals surface area contributed by atoms with E-state index in [9.17, 15) is 9.90 Å². The molecule has 0 bridgehead atoms. The summed E-state index contributed by atoms with van der Waals surface area (Å²) in [6.07, 6.45) is 1.59. The Hall–Kier alpha value is -0.730. The number of amidine groups is 1. The van der Waals surface area contributed by atoms with Gasteiger partial charge >= 0.3 is 0 Å². The molecule has 0 aliphatic carbocycles. The van der Waals surface area contributed by atoms with E-state index in [0.717, 1.165) is 11.8 Å². The van der Waals surface area contributed by atoms with Gasteiger partial charge in [0.1, 0.15) is 7.11 Å². The second kappa shape index (κ2) is 4.86. The molecular formula is C7H11N3O3S2. The lowest BCUT2D eigenvalue weighted by Gasteiger charge is -2.17. The number of oxime groups is 1. The van der Waals surface area contributed by atoms with E-state index in [0.29, 0.717) is 0 Å². The Morgan fingerprint density at radius 3 is 2.93 bits per heavy atom. The van der Waals surface area contributed by atoms with Crippen molar-refractivity contribution in [3.05, 3.63) is 0 Å². The highest BCUT2D eigenvalue weighted by Crippen LogP contribution is 2.26. The first-order chi connectivity index (χ1) is 7.03. The highest BCUT2D eigenvalue weighted by Gasteiger charge is 2.42. The first-order valence-corrected chi connectivity index (χ1v) is 6.15. The van der Waals surface area contributed by atoms with Crippen molar-refractivity contribution in [2.24, 2.45) is 15.9 Å². The topological polar surface area (TPSA) is 97.3 Å². The highest BCUT2D eigenvalue weighted by molar-refractivity contribution is 8.15. The highest BCUT2D eigenvalue weighted by atomic mass is 32.2. The fourth-order valence-electron chi connectivity index (χ4n) is 1.00. The molecule has 1 aliphatic heterocycles. The zero-order valence-corrected chi connectivity index (χ0v) is 9.89. The van der Waals surface area contributed by atoms with E-state index < -0.39 is 10.8 Å². The average Bonchev–Trinajstić information content (AvgIpc) is 2.55. The van der Waals surface area contributed by atoms with Gasteiger partial charge in [-0.05, 0) is 6.26 Å². The van der Waals surface area contributed by atoms with Crippen LogP contribution in [0.25, 0.3) is 0 Å². The summed E-state index contributed by atoms with van der Waals surface area (Å²) in [5, 5.41) is 13.4. The lowest BCUT2D eigenvalue weighted by Crippen LogP contribution is -2.41. The van der Waals surface area contributed by atoms with Crippen LogP contribution in [0.2, 0.25) is 0 Å². The lowest BCUT2D eigenvalue weighted by molar-refractivity contribution is -0.106. The molecule has 0 spiro atoms. The van der Waals surface area contributed by atoms with Gasteiger partial charge < -0.3 is 15.7 Å². The molecule has 1 unspecified atom stereocenters. The summed E-state index contributed by atoms with van der Waals surface area (Å²) in [6.45, 7) is 0. The molecule has 0 amide bonds. The Labute approximate surface area is 95.3 Å². The molecule has 0 radical (unpaired) electrons. The van der Waals surface area contributed by atoms with Gasteiger partial charge in [0.05, 0.1) is 5.75 Å². The van der Waals surface area contributed by atoms with Crippen LogP contribution in [0, 0.1) is 0 Å². The fraction of sp³-hybridized carbons (Fsp3) is 0.571. The number of aliphatic imine (C=N–C) groups is 1. The van der Waals surface area contributed by atoms with Crippen LogP contribution in [-0.2, 0) is 9.63 Å². The molecule has 1 atom stereocenters. The molecule has 15 heavy (non-hydrogen) atoms. The number of aliphatic hydroxyl groups is 1. The van der Waals surface area contributed by atoms with E-state index in [-0.39, 0.29) is 16.6 Å². The summed E-state index contributed by atoms with van der Waals surface area (Å²) < 4.78 is 0. The number of hydrogen-bond acceptors (Lipinski definition) is 8. The van der Waals surface area contributed by atoms with Crippen molar-refractivity contribution in [1.29, 1.82) is 0 Å². The van der Waals surface area contributed by atoms with Gasteiger partial charge in [-0.25, -0.2) is 4.99 Å². The van der Waals surface area contributed by atoms with Gasteiger partial charge in [0.2, 0.25) is 10.8 Å². The third-order valence-electron chi connectivity index (χ3n) is 1.66. The number of carbonyl (C=O) groups excluding carboxylic acids is 1. The van der Waals surface area contributed by atoms with Crippen molar-refractivity contribution < 1.29 is 14.7 Å². The Morgan fingerprint density at radius 2 is 2.53 bits per heavy atom. The predicted octanol–water partition coefficient (Wildman–Crippen LogP) is -0.371. The van der Waals surface area contributed by atoms with E-state index in [1.54, 1.807) is 6.26 Å². The van der Waals surface area contributed by atoms with Crippen molar-refractivity contribution in [3.8, 4) is 0 Å². The van der Waals surface area contributed by atoms with E-state index in [4.69, 9.17) is 5.73 Å². The van der Waals surface area contributed by atoms with Gasteiger partial charge in [0.15, 0.2) is 10.9 Å². The third kappa shape index (κ3) is 2.64. The first-order valence-electron chi connectivity index (χ1n) is 3.94. The summed E-state index contributed by atoms with van der Waals surface area (Å²) in [6, 6.07) is 0. The largest absolute Gasteiger partial charge is 0.399 e. The van der Waals surface area contributed by atoms with E-state index in [1.807, 2.05) is 0 Å². The standard InChI is InChI=1S/C7H11N3O3S2/c1-13-10-4(5(11)14-2)7(12)3-15-6(8)9-7/h12H,3H2,1-2H3,(H2,8,9)/b10-4-. The minimum Gasteiger partial charge on any atom is -0.399 e. The van der Waals surface area contributed by atoms with Gasteiger partial charge in [-0.3, -0.25) is 4.79 Å². The maximum Gasteiger partial charge on any atom is 0.241 e. The van der Waals surface area contributed by atoms with Crippen molar-refractivity contribution in [2.75, 3.05) is 19.1 Å². The van der Waals surface area contributed by atoms with Crippen LogP contribution in [0.5, 0.6) is 0 Å². The van der Waals surface area contributed by atoms with Crippen LogP contribution in [-0.4, -0.2) is 45.9 Å². The second-order valence-electron chi connectivity index (χ2n) is 2.67. The molecule has 84 valence electrons. The van der Waals surface area contributed by atoms with Crippen LogP contribution in [0.4, 0.5) is 0 Å². The molecule has 1 heterocycles. The van der Waals surface area contributed by atoms with Crippen molar-refractivity contribution in [2.45, 2.75) is 5.72 Å². The minimum atomic E-state index is -1.66. The average molecular weight is 249 g/mol. The number of rotatable bonds is 3. The Kier molecular flexibility index (Phi) is 4.00. The summed E-state index contributed by atoms with van der Waals surface area (Å²) in [5.41, 5.74) is 3.63. The van der Waals surface area contributed by atoms with Crippen LogP contribution in [0.1, 0.15) is 0 Å². The summed E-state index contributed by atoms with van der Waals surface area (Å²) in [7, 11) is 1.30. The van der Waals surface area contributed by atoms with E-state index in [2.05, 4.69) is 15.0 Å². The molecule has 0 aromatic carbocycles. The third-order valence-corrected chi connectivity index (χ3v) is 3.16. The predicted molar refractivity (Wildman–Crippen MR) is 62.0 cm³/mol. The molecule has 6 nitrogen and oxygen atoms in total. The summed E-state index contributed by atoms with van der Waals surface area (Å²) in [4.78, 5) is 19.8. The van der Waals surface area contributed by atoms with Gasteiger partial charge in [0, 0.05) is 0 Å². The molecule has 1 aliphatic rings. The molecule has 0 aromatic rings. The van der Waals surface area contributed by atoms with Gasteiger partial charge in [-0.1, -0.05) is 28.7 Å². The number of hydrogen-bond donors (Lipinski definition) is 2. The lowest BCUT2D eigenvalue weighted by atomic mass is 10.1. The molecule has 0 aromatic heterocycles. The fourth-order valence-corrected chi connectivity index (χ4v) is 2.16. The van der Waals surface area contributed by atoms with Crippen LogP contribution in [0.3, 0.4) is 0 Å². The van der Waals surface area contributed by atoms with E-state index >= 15 is 0 Å². The zero-order valence-electron chi connectivity index (χ0n) is 8.26. The molecule has 0 fully saturated rings. The number of carbonyl (C=O) groups is 1. The quantitative estimate of drug-likeness (QED) is 0.523. The van der Waals surface area contributed by atoms with Crippen molar-refractivity contribution in [1.82, 2.24) is 0 Å². The molecule has 8 heteroatoms. The van der Waals surface area contributed by atoms with Crippen LogP contribution < -0.4 is 5.73 Å². The van der Waals surface area contributed by atoms with Gasteiger partial charge in [-0.2, -0.15) is 0 Å². The van der Waals surface area contributed by atoms with Crippen LogP contribution >= 0.6 is 23.5 Å². The molecule has 0 saturated carbocycles. The summed E-state index contributed by atoms with van der Waals surface area (Å²) >= 11 is 2.10. The van der Waals surface area contributed by atoms with Crippen LogP contribution in [0.15, 0.2) is 10.1 Å². The Bertz CT molecular complexity index is 331. The number of nitrogens with two attached hydrogens (primary N) is 1. The molecule has 0 saturated heterocycles. The van der Waals surface area contributed by atoms with Gasteiger partial charge in [-0.15, -0.1) is 0 Å². The first kappa shape index (κ1) is 12.3. The van der Waals surface area contributed by atoms with Crippen molar-refractivity contribution >= 4 is 39.5 Å². The van der Waals surface area contributed by atoms with Crippen molar-refractivity contribution in [3.63, 3.8) is 0 Å². The molecule has 1 rings (SSSR count). The second-order valence-corrected chi connectivity index (χ2v) is 4.44. The molecule has 3 N–H and O–H groups in total.